The molecular weight excluding hydrogens is 196 g/mol. The van der Waals surface area contributed by atoms with Crippen LogP contribution in [0.2, 0.25) is 0 Å². The van der Waals surface area contributed by atoms with Gasteiger partial charge in [0.05, 0.1) is 0 Å². The normalized spacial score (nSPS) is 32.4. The Hall–Kier alpha value is -0.640. The van der Waals surface area contributed by atoms with Crippen LogP contribution >= 0.6 is 12.2 Å². The first-order valence-corrected chi connectivity index (χ1v) is 5.83. The Morgan fingerprint density at radius 3 is 2.64 bits per heavy atom. The maximum atomic E-state index is 12.0. The van der Waals surface area contributed by atoms with Crippen molar-refractivity contribution in [3.05, 3.63) is 0 Å². The van der Waals surface area contributed by atoms with E-state index in [2.05, 4.69) is 4.90 Å². The molecule has 1 atom stereocenters. The van der Waals surface area contributed by atoms with E-state index < -0.39 is 0 Å². The van der Waals surface area contributed by atoms with E-state index in [0.29, 0.717) is 6.04 Å². The fourth-order valence-corrected chi connectivity index (χ4v) is 2.94. The third-order valence-electron chi connectivity index (χ3n) is 3.39. The van der Waals surface area contributed by atoms with Gasteiger partial charge >= 0.3 is 0 Å². The predicted molar refractivity (Wildman–Crippen MR) is 56.8 cm³/mol. The molecule has 2 saturated heterocycles. The Labute approximate surface area is 89.0 Å². The van der Waals surface area contributed by atoms with Crippen molar-refractivity contribution in [1.29, 1.82) is 0 Å². The summed E-state index contributed by atoms with van der Waals surface area (Å²) in [7, 11) is 0. The number of carbonyl (C=O) groups excluding carboxylic acids is 1. The number of carbonyl (C=O) groups is 1. The van der Waals surface area contributed by atoms with Crippen molar-refractivity contribution in [2.24, 2.45) is 0 Å². The molecule has 0 spiro atoms. The van der Waals surface area contributed by atoms with Gasteiger partial charge in [-0.3, -0.25) is 9.69 Å². The van der Waals surface area contributed by atoms with Gasteiger partial charge in [-0.1, -0.05) is 0 Å². The second kappa shape index (κ2) is 2.92. The van der Waals surface area contributed by atoms with E-state index in [-0.39, 0.29) is 11.9 Å². The van der Waals surface area contributed by atoms with E-state index in [1.807, 2.05) is 4.90 Å². The van der Waals surface area contributed by atoms with Crippen LogP contribution in [0.3, 0.4) is 0 Å². The monoisotopic (exact) mass is 210 g/mol. The Kier molecular flexibility index (Phi) is 1.81. The average Bonchev–Trinajstić information content (AvgIpc) is 2.99. The molecule has 0 aromatic carbocycles. The van der Waals surface area contributed by atoms with Crippen LogP contribution in [0, 0.1) is 0 Å². The van der Waals surface area contributed by atoms with Gasteiger partial charge in [0.2, 0.25) is 0 Å². The van der Waals surface area contributed by atoms with E-state index in [1.54, 1.807) is 0 Å². The molecule has 1 unspecified atom stereocenters. The lowest BCUT2D eigenvalue weighted by Gasteiger charge is -2.27. The van der Waals surface area contributed by atoms with Crippen LogP contribution in [0.15, 0.2) is 0 Å². The summed E-state index contributed by atoms with van der Waals surface area (Å²) in [5, 5.41) is 0.808. The molecule has 0 aromatic rings. The molecule has 1 amide bonds. The van der Waals surface area contributed by atoms with Crippen LogP contribution < -0.4 is 0 Å². The molecular formula is C10H14N2OS. The lowest BCUT2D eigenvalue weighted by molar-refractivity contribution is -0.129. The number of amides is 1. The zero-order valence-corrected chi connectivity index (χ0v) is 8.92. The number of nitrogens with zero attached hydrogens (tertiary/aromatic N) is 2. The predicted octanol–water partition coefficient (Wildman–Crippen LogP) is 1.13. The molecule has 2 aliphatic heterocycles. The Morgan fingerprint density at radius 1 is 1.21 bits per heavy atom. The van der Waals surface area contributed by atoms with E-state index in [1.165, 1.54) is 12.8 Å². The smallest absolute Gasteiger partial charge is 0.251 e. The molecule has 3 aliphatic rings. The number of hydrogen-bond acceptors (Lipinski definition) is 2. The van der Waals surface area contributed by atoms with Crippen LogP contribution in [0.5, 0.6) is 0 Å². The summed E-state index contributed by atoms with van der Waals surface area (Å²) in [4.78, 5) is 16.0. The first-order chi connectivity index (χ1) is 6.79. The third-order valence-corrected chi connectivity index (χ3v) is 3.82. The van der Waals surface area contributed by atoms with Gasteiger partial charge in [-0.05, 0) is 44.3 Å². The average molecular weight is 210 g/mol. The Morgan fingerprint density at radius 2 is 2.00 bits per heavy atom. The van der Waals surface area contributed by atoms with Gasteiger partial charge in [-0.25, -0.2) is 0 Å². The minimum Gasteiger partial charge on any atom is -0.337 e. The number of thiocarbonyl (C=S) groups is 1. The minimum atomic E-state index is 0.0943. The quantitative estimate of drug-likeness (QED) is 0.606. The third kappa shape index (κ3) is 1.10. The molecule has 2 heterocycles. The zero-order chi connectivity index (χ0) is 9.71. The minimum absolute atomic E-state index is 0.0943. The highest BCUT2D eigenvalue weighted by atomic mass is 32.1. The summed E-state index contributed by atoms with van der Waals surface area (Å²) in [6.07, 6.45) is 5.65. The first kappa shape index (κ1) is 8.65. The lowest BCUT2D eigenvalue weighted by atomic mass is 10.0. The summed E-state index contributed by atoms with van der Waals surface area (Å²) in [6, 6.07) is 0.539. The molecule has 76 valence electrons. The van der Waals surface area contributed by atoms with E-state index in [0.717, 1.165) is 30.9 Å². The highest BCUT2D eigenvalue weighted by Crippen LogP contribution is 2.35. The fourth-order valence-electron chi connectivity index (χ4n) is 2.48. The summed E-state index contributed by atoms with van der Waals surface area (Å²) in [5.41, 5.74) is 0. The molecule has 1 saturated carbocycles. The van der Waals surface area contributed by atoms with Crippen molar-refractivity contribution in [3.8, 4) is 0 Å². The van der Waals surface area contributed by atoms with Crippen molar-refractivity contribution >= 4 is 23.2 Å². The standard InChI is InChI=1S/C10H14N2OS/c13-9-8-3-1-2-6-11(8)10(14)12(9)7-4-5-7/h7-8H,1-6H2. The highest BCUT2D eigenvalue weighted by Gasteiger charge is 2.48. The van der Waals surface area contributed by atoms with E-state index in [9.17, 15) is 4.79 Å². The molecule has 1 aliphatic carbocycles. The van der Waals surface area contributed by atoms with Crippen LogP contribution in [-0.4, -0.2) is 39.4 Å². The van der Waals surface area contributed by atoms with Crippen molar-refractivity contribution in [2.45, 2.75) is 44.2 Å². The molecule has 3 rings (SSSR count). The van der Waals surface area contributed by atoms with Gasteiger partial charge in [0.1, 0.15) is 6.04 Å². The maximum absolute atomic E-state index is 12.0. The molecule has 0 radical (unpaired) electrons. The molecule has 3 nitrogen and oxygen atoms in total. The van der Waals surface area contributed by atoms with Crippen molar-refractivity contribution in [1.82, 2.24) is 9.80 Å². The van der Waals surface area contributed by atoms with Gasteiger partial charge in [0, 0.05) is 12.6 Å². The summed E-state index contributed by atoms with van der Waals surface area (Å²) in [5.74, 6) is 0.275. The highest BCUT2D eigenvalue weighted by molar-refractivity contribution is 7.80. The zero-order valence-electron chi connectivity index (χ0n) is 8.11. The molecule has 14 heavy (non-hydrogen) atoms. The van der Waals surface area contributed by atoms with Gasteiger partial charge in [-0.2, -0.15) is 0 Å². The number of piperidine rings is 1. The molecule has 0 aromatic heterocycles. The van der Waals surface area contributed by atoms with Crippen molar-refractivity contribution in [3.63, 3.8) is 0 Å². The summed E-state index contributed by atoms with van der Waals surface area (Å²) in [6.45, 7) is 0.985. The second-order valence-corrected chi connectivity index (χ2v) is 4.79. The number of rotatable bonds is 1. The van der Waals surface area contributed by atoms with E-state index in [4.69, 9.17) is 12.2 Å². The van der Waals surface area contributed by atoms with Crippen LogP contribution in [-0.2, 0) is 4.79 Å². The van der Waals surface area contributed by atoms with Crippen LogP contribution in [0.25, 0.3) is 0 Å². The van der Waals surface area contributed by atoms with Gasteiger partial charge < -0.3 is 4.90 Å². The maximum Gasteiger partial charge on any atom is 0.251 e. The number of fused-ring (bicyclic) bond motifs is 1. The van der Waals surface area contributed by atoms with Crippen LogP contribution in [0.4, 0.5) is 0 Å². The SMILES string of the molecule is O=C1C2CCCCN2C(=S)N1C1CC1. The fraction of sp³-hybridized carbons (Fsp3) is 0.800. The largest absolute Gasteiger partial charge is 0.337 e. The van der Waals surface area contributed by atoms with Gasteiger partial charge in [-0.15, -0.1) is 0 Å². The molecule has 0 N–H and O–H groups in total. The van der Waals surface area contributed by atoms with Gasteiger partial charge in [0.15, 0.2) is 5.11 Å². The summed E-state index contributed by atoms with van der Waals surface area (Å²) < 4.78 is 0. The van der Waals surface area contributed by atoms with Crippen LogP contribution in [0.1, 0.15) is 32.1 Å². The Balaban J connectivity index is 1.88. The van der Waals surface area contributed by atoms with Crippen molar-refractivity contribution < 1.29 is 4.79 Å². The van der Waals surface area contributed by atoms with Crippen molar-refractivity contribution in [2.75, 3.05) is 6.54 Å². The molecule has 0 bridgehead atoms. The summed E-state index contributed by atoms with van der Waals surface area (Å²) >= 11 is 5.36. The molecule has 3 fully saturated rings. The second-order valence-electron chi connectivity index (χ2n) is 4.43. The number of hydrogen-bond donors (Lipinski definition) is 0. The van der Waals surface area contributed by atoms with Gasteiger partial charge in [0.25, 0.3) is 5.91 Å². The Bertz CT molecular complexity index is 276. The topological polar surface area (TPSA) is 23.6 Å². The van der Waals surface area contributed by atoms with E-state index >= 15 is 0 Å². The first-order valence-electron chi connectivity index (χ1n) is 5.43. The molecule has 4 heteroatoms. The lowest BCUT2D eigenvalue weighted by Crippen LogP contribution is -2.38.